The molecule has 1 unspecified atom stereocenters. The van der Waals surface area contributed by atoms with Gasteiger partial charge in [0.15, 0.2) is 0 Å². The first kappa shape index (κ1) is 10.7. The molecular weight excluding hydrogens is 162 g/mol. The van der Waals surface area contributed by atoms with Gasteiger partial charge in [-0.05, 0) is 46.2 Å². The zero-order chi connectivity index (χ0) is 9.84. The third kappa shape index (κ3) is 2.80. The fourth-order valence-corrected chi connectivity index (χ4v) is 2.00. The summed E-state index contributed by atoms with van der Waals surface area (Å²) in [6.07, 6.45) is 3.35. The summed E-state index contributed by atoms with van der Waals surface area (Å²) in [5, 5.41) is 0. The van der Waals surface area contributed by atoms with Crippen LogP contribution in [0, 0.1) is 5.92 Å². The summed E-state index contributed by atoms with van der Waals surface area (Å²) >= 11 is 0. The second kappa shape index (κ2) is 4.75. The summed E-state index contributed by atoms with van der Waals surface area (Å²) in [5.41, 5.74) is 0. The highest BCUT2D eigenvalue weighted by molar-refractivity contribution is 5.78. The average molecular weight is 183 g/mol. The van der Waals surface area contributed by atoms with Crippen LogP contribution in [0.3, 0.4) is 0 Å². The second-order valence-corrected chi connectivity index (χ2v) is 4.18. The molecule has 0 saturated carbocycles. The monoisotopic (exact) mass is 183 g/mol. The van der Waals surface area contributed by atoms with Crippen LogP contribution in [0.4, 0.5) is 0 Å². The van der Waals surface area contributed by atoms with Crippen LogP contribution in [0.5, 0.6) is 0 Å². The molecule has 0 aromatic rings. The van der Waals surface area contributed by atoms with E-state index in [0.29, 0.717) is 17.7 Å². The van der Waals surface area contributed by atoms with E-state index >= 15 is 0 Å². The molecule has 1 aliphatic heterocycles. The van der Waals surface area contributed by atoms with Crippen molar-refractivity contribution in [2.75, 3.05) is 13.1 Å². The minimum Gasteiger partial charge on any atom is -0.301 e. The van der Waals surface area contributed by atoms with Crippen molar-refractivity contribution in [2.45, 2.75) is 46.1 Å². The van der Waals surface area contributed by atoms with Crippen LogP contribution >= 0.6 is 0 Å². The van der Waals surface area contributed by atoms with Gasteiger partial charge in [-0.3, -0.25) is 4.79 Å². The molecular formula is C11H21NO. The largest absolute Gasteiger partial charge is 0.301 e. The lowest BCUT2D eigenvalue weighted by atomic mass is 9.92. The smallest absolute Gasteiger partial charge is 0.133 e. The lowest BCUT2D eigenvalue weighted by Crippen LogP contribution is -2.40. The molecule has 13 heavy (non-hydrogen) atoms. The van der Waals surface area contributed by atoms with Crippen molar-refractivity contribution in [3.63, 3.8) is 0 Å². The second-order valence-electron chi connectivity index (χ2n) is 4.18. The Morgan fingerprint density at radius 3 is 2.38 bits per heavy atom. The third-order valence-corrected chi connectivity index (χ3v) is 3.32. The van der Waals surface area contributed by atoms with Crippen LogP contribution in [0.15, 0.2) is 0 Å². The number of piperidine rings is 1. The highest BCUT2D eigenvalue weighted by atomic mass is 16.1. The average Bonchev–Trinajstić information content (AvgIpc) is 2.17. The zero-order valence-electron chi connectivity index (χ0n) is 9.05. The minimum absolute atomic E-state index is 0.348. The number of ketones is 1. The van der Waals surface area contributed by atoms with Crippen molar-refractivity contribution in [1.29, 1.82) is 0 Å². The Morgan fingerprint density at radius 2 is 2.00 bits per heavy atom. The van der Waals surface area contributed by atoms with E-state index < -0.39 is 0 Å². The predicted octanol–water partition coefficient (Wildman–Crippen LogP) is 2.09. The molecule has 0 N–H and O–H groups in total. The Balaban J connectivity index is 2.34. The number of rotatable bonds is 3. The van der Waals surface area contributed by atoms with Crippen molar-refractivity contribution >= 4 is 5.78 Å². The zero-order valence-corrected chi connectivity index (χ0v) is 9.05. The Bertz CT molecular complexity index is 171. The first-order valence-electron chi connectivity index (χ1n) is 5.39. The summed E-state index contributed by atoms with van der Waals surface area (Å²) < 4.78 is 0. The van der Waals surface area contributed by atoms with E-state index in [1.54, 1.807) is 6.92 Å². The van der Waals surface area contributed by atoms with Crippen molar-refractivity contribution in [3.05, 3.63) is 0 Å². The first-order chi connectivity index (χ1) is 6.15. The van der Waals surface area contributed by atoms with E-state index in [-0.39, 0.29) is 0 Å². The third-order valence-electron chi connectivity index (χ3n) is 3.32. The molecule has 0 bridgehead atoms. The molecule has 0 amide bonds. The summed E-state index contributed by atoms with van der Waals surface area (Å²) in [4.78, 5) is 13.6. The van der Waals surface area contributed by atoms with E-state index in [1.807, 2.05) is 0 Å². The number of Topliss-reactive ketones (excluding diaryl/α,β-unsaturated/α-hetero) is 1. The maximum Gasteiger partial charge on any atom is 0.133 e. The van der Waals surface area contributed by atoms with Gasteiger partial charge in [-0.1, -0.05) is 6.92 Å². The van der Waals surface area contributed by atoms with Crippen molar-refractivity contribution in [2.24, 2.45) is 5.92 Å². The molecule has 76 valence electrons. The molecule has 1 aliphatic rings. The molecule has 0 aromatic carbocycles. The topological polar surface area (TPSA) is 20.3 Å². The minimum atomic E-state index is 0.348. The van der Waals surface area contributed by atoms with E-state index in [9.17, 15) is 4.79 Å². The maximum absolute atomic E-state index is 11.1. The number of carbonyl (C=O) groups is 1. The van der Waals surface area contributed by atoms with Gasteiger partial charge in [0.2, 0.25) is 0 Å². The van der Waals surface area contributed by atoms with Crippen LogP contribution in [-0.2, 0) is 4.79 Å². The number of hydrogen-bond donors (Lipinski definition) is 0. The first-order valence-corrected chi connectivity index (χ1v) is 5.39. The lowest BCUT2D eigenvalue weighted by molar-refractivity contribution is -0.122. The number of carbonyl (C=O) groups excluding carboxylic acids is 1. The van der Waals surface area contributed by atoms with Gasteiger partial charge in [-0.25, -0.2) is 0 Å². The van der Waals surface area contributed by atoms with E-state index in [4.69, 9.17) is 0 Å². The number of likely N-dealkylation sites (tertiary alicyclic amines) is 1. The fraction of sp³-hybridized carbons (Fsp3) is 0.909. The Labute approximate surface area is 81.3 Å². The van der Waals surface area contributed by atoms with Gasteiger partial charge >= 0.3 is 0 Å². The van der Waals surface area contributed by atoms with Crippen molar-refractivity contribution < 1.29 is 4.79 Å². The Hall–Kier alpha value is -0.370. The van der Waals surface area contributed by atoms with Crippen LogP contribution in [0.2, 0.25) is 0 Å². The molecule has 1 saturated heterocycles. The molecule has 1 heterocycles. The SMILES string of the molecule is CCC(C)N1CCC(C(C)=O)CC1. The van der Waals surface area contributed by atoms with Crippen LogP contribution < -0.4 is 0 Å². The highest BCUT2D eigenvalue weighted by Crippen LogP contribution is 2.20. The highest BCUT2D eigenvalue weighted by Gasteiger charge is 2.23. The molecule has 0 radical (unpaired) electrons. The fourth-order valence-electron chi connectivity index (χ4n) is 2.00. The maximum atomic E-state index is 11.1. The molecule has 0 spiro atoms. The van der Waals surface area contributed by atoms with Gasteiger partial charge in [0.25, 0.3) is 0 Å². The van der Waals surface area contributed by atoms with E-state index in [2.05, 4.69) is 18.7 Å². The van der Waals surface area contributed by atoms with Gasteiger partial charge in [0.1, 0.15) is 5.78 Å². The van der Waals surface area contributed by atoms with Crippen molar-refractivity contribution in [3.8, 4) is 0 Å². The Morgan fingerprint density at radius 1 is 1.46 bits per heavy atom. The molecule has 1 atom stereocenters. The van der Waals surface area contributed by atoms with Crippen molar-refractivity contribution in [1.82, 2.24) is 4.90 Å². The molecule has 1 rings (SSSR count). The van der Waals surface area contributed by atoms with Crippen LogP contribution in [-0.4, -0.2) is 29.8 Å². The summed E-state index contributed by atoms with van der Waals surface area (Å²) in [6, 6.07) is 0.688. The number of hydrogen-bond acceptors (Lipinski definition) is 2. The molecule has 0 aromatic heterocycles. The summed E-state index contributed by atoms with van der Waals surface area (Å²) in [6.45, 7) is 8.44. The van der Waals surface area contributed by atoms with E-state index in [1.165, 1.54) is 6.42 Å². The van der Waals surface area contributed by atoms with Gasteiger partial charge in [0.05, 0.1) is 0 Å². The van der Waals surface area contributed by atoms with E-state index in [0.717, 1.165) is 25.9 Å². The summed E-state index contributed by atoms with van der Waals surface area (Å²) in [7, 11) is 0. The molecule has 1 fully saturated rings. The lowest BCUT2D eigenvalue weighted by Gasteiger charge is -2.34. The van der Waals surface area contributed by atoms with Crippen LogP contribution in [0.25, 0.3) is 0 Å². The quantitative estimate of drug-likeness (QED) is 0.667. The standard InChI is InChI=1S/C11H21NO/c1-4-9(2)12-7-5-11(6-8-12)10(3)13/h9,11H,4-8H2,1-3H3. The van der Waals surface area contributed by atoms with Crippen LogP contribution in [0.1, 0.15) is 40.0 Å². The Kier molecular flexibility index (Phi) is 3.91. The van der Waals surface area contributed by atoms with Gasteiger partial charge in [-0.2, -0.15) is 0 Å². The normalized spacial score (nSPS) is 23.0. The van der Waals surface area contributed by atoms with Gasteiger partial charge in [-0.15, -0.1) is 0 Å². The molecule has 0 aliphatic carbocycles. The molecule has 2 nitrogen and oxygen atoms in total. The van der Waals surface area contributed by atoms with Gasteiger partial charge in [0, 0.05) is 12.0 Å². The predicted molar refractivity (Wildman–Crippen MR) is 54.7 cm³/mol. The van der Waals surface area contributed by atoms with Gasteiger partial charge < -0.3 is 4.90 Å². The number of nitrogens with zero attached hydrogens (tertiary/aromatic N) is 1. The summed E-state index contributed by atoms with van der Waals surface area (Å²) in [5.74, 6) is 0.726. The molecule has 2 heteroatoms.